The van der Waals surface area contributed by atoms with Gasteiger partial charge in [-0.15, -0.1) is 0 Å². The molecule has 1 heterocycles. The van der Waals surface area contributed by atoms with Crippen molar-refractivity contribution in [3.05, 3.63) is 71.6 Å². The van der Waals surface area contributed by atoms with E-state index in [9.17, 15) is 4.79 Å². The van der Waals surface area contributed by atoms with Crippen LogP contribution in [0.1, 0.15) is 28.5 Å². The number of carbonyl (C=O) groups is 1. The second kappa shape index (κ2) is 8.23. The Labute approximate surface area is 133 Å². The molecule has 0 fully saturated rings. The summed E-state index contributed by atoms with van der Waals surface area (Å²) < 4.78 is 0. The highest BCUT2D eigenvalue weighted by atomic mass is 16.4. The summed E-state index contributed by atoms with van der Waals surface area (Å²) in [7, 11) is 0. The van der Waals surface area contributed by atoms with Crippen LogP contribution in [0.3, 0.4) is 0 Å². The quantitative estimate of drug-likeness (QED) is 0.506. The van der Waals surface area contributed by atoms with Gasteiger partial charge in [0.15, 0.2) is 0 Å². The van der Waals surface area contributed by atoms with Crippen LogP contribution >= 0.6 is 0 Å². The number of benzene rings is 1. The minimum Gasteiger partial charge on any atom is -0.411 e. The van der Waals surface area contributed by atoms with Crippen molar-refractivity contribution >= 4 is 23.9 Å². The Morgan fingerprint density at radius 2 is 2.00 bits per heavy atom. The number of oxime groups is 1. The zero-order valence-corrected chi connectivity index (χ0v) is 12.5. The van der Waals surface area contributed by atoms with Gasteiger partial charge in [0.2, 0.25) is 0 Å². The van der Waals surface area contributed by atoms with Gasteiger partial charge in [-0.1, -0.05) is 41.6 Å². The summed E-state index contributed by atoms with van der Waals surface area (Å²) in [6, 6.07) is 12.9. The lowest BCUT2D eigenvalue weighted by Gasteiger charge is -2.00. The SMILES string of the molecule is CC(/C=C/c1ccccc1)=N\NC(=O)c1ccc(/C=N/O)nc1. The molecule has 0 saturated carbocycles. The highest BCUT2D eigenvalue weighted by molar-refractivity contribution is 5.99. The van der Waals surface area contributed by atoms with Gasteiger partial charge in [0.25, 0.3) is 5.91 Å². The fourth-order valence-electron chi connectivity index (χ4n) is 1.70. The molecule has 1 aromatic heterocycles. The number of nitrogens with zero attached hydrogens (tertiary/aromatic N) is 3. The van der Waals surface area contributed by atoms with Crippen molar-refractivity contribution in [2.24, 2.45) is 10.3 Å². The minimum absolute atomic E-state index is 0.363. The number of hydrogen-bond donors (Lipinski definition) is 2. The molecule has 0 aliphatic carbocycles. The first kappa shape index (κ1) is 16.1. The maximum Gasteiger partial charge on any atom is 0.272 e. The molecule has 0 aliphatic heterocycles. The third-order valence-corrected chi connectivity index (χ3v) is 2.89. The van der Waals surface area contributed by atoms with E-state index in [1.165, 1.54) is 12.4 Å². The number of carbonyl (C=O) groups excluding carboxylic acids is 1. The molecule has 2 N–H and O–H groups in total. The number of allylic oxidation sites excluding steroid dienone is 1. The number of rotatable bonds is 5. The lowest BCUT2D eigenvalue weighted by atomic mass is 10.2. The third-order valence-electron chi connectivity index (χ3n) is 2.89. The predicted octanol–water partition coefficient (Wildman–Crippen LogP) is 2.71. The minimum atomic E-state index is -0.363. The molecule has 2 rings (SSSR count). The maximum atomic E-state index is 11.9. The first-order chi connectivity index (χ1) is 11.2. The van der Waals surface area contributed by atoms with E-state index in [0.29, 0.717) is 17.0 Å². The third kappa shape index (κ3) is 5.20. The zero-order valence-electron chi connectivity index (χ0n) is 12.5. The second-order valence-electron chi connectivity index (χ2n) is 4.65. The largest absolute Gasteiger partial charge is 0.411 e. The number of aromatic nitrogens is 1. The molecule has 1 amide bonds. The maximum absolute atomic E-state index is 11.9. The van der Waals surface area contributed by atoms with E-state index >= 15 is 0 Å². The average Bonchev–Trinajstić information content (AvgIpc) is 2.59. The molecule has 6 heteroatoms. The summed E-state index contributed by atoms with van der Waals surface area (Å²) in [5.74, 6) is -0.363. The monoisotopic (exact) mass is 308 g/mol. The van der Waals surface area contributed by atoms with E-state index in [0.717, 1.165) is 5.56 Å². The molecule has 2 aromatic rings. The Hall–Kier alpha value is -3.28. The summed E-state index contributed by atoms with van der Waals surface area (Å²) in [5, 5.41) is 15.3. The van der Waals surface area contributed by atoms with Crippen molar-refractivity contribution in [3.63, 3.8) is 0 Å². The van der Waals surface area contributed by atoms with Crippen molar-refractivity contribution in [3.8, 4) is 0 Å². The van der Waals surface area contributed by atoms with Gasteiger partial charge < -0.3 is 5.21 Å². The number of amides is 1. The Kier molecular flexibility index (Phi) is 5.76. The first-order valence-electron chi connectivity index (χ1n) is 6.90. The molecule has 0 aliphatic rings. The molecule has 1 aromatic carbocycles. The van der Waals surface area contributed by atoms with Gasteiger partial charge in [-0.25, -0.2) is 5.43 Å². The van der Waals surface area contributed by atoms with Crippen LogP contribution in [0.5, 0.6) is 0 Å². The lowest BCUT2D eigenvalue weighted by molar-refractivity contribution is 0.0954. The molecular weight excluding hydrogens is 292 g/mol. The predicted molar refractivity (Wildman–Crippen MR) is 89.7 cm³/mol. The molecule has 116 valence electrons. The summed E-state index contributed by atoms with van der Waals surface area (Å²) in [5.41, 5.74) is 5.00. The number of pyridine rings is 1. The Bertz CT molecular complexity index is 735. The Balaban J connectivity index is 1.95. The van der Waals surface area contributed by atoms with E-state index in [1.807, 2.05) is 42.5 Å². The number of hydrazone groups is 1. The van der Waals surface area contributed by atoms with Gasteiger partial charge in [0, 0.05) is 6.20 Å². The number of nitrogens with one attached hydrogen (secondary N) is 1. The summed E-state index contributed by atoms with van der Waals surface area (Å²) in [4.78, 5) is 15.9. The van der Waals surface area contributed by atoms with E-state index < -0.39 is 0 Å². The normalized spacial score (nSPS) is 12.0. The van der Waals surface area contributed by atoms with Gasteiger partial charge in [0.1, 0.15) is 0 Å². The van der Waals surface area contributed by atoms with Crippen molar-refractivity contribution in [2.45, 2.75) is 6.92 Å². The van der Waals surface area contributed by atoms with E-state index in [4.69, 9.17) is 5.21 Å². The van der Waals surface area contributed by atoms with Gasteiger partial charge in [0.05, 0.1) is 23.2 Å². The van der Waals surface area contributed by atoms with Gasteiger partial charge >= 0.3 is 0 Å². The molecule has 6 nitrogen and oxygen atoms in total. The molecule has 0 radical (unpaired) electrons. The van der Waals surface area contributed by atoms with Crippen LogP contribution in [0.2, 0.25) is 0 Å². The summed E-state index contributed by atoms with van der Waals surface area (Å²) in [6.45, 7) is 1.79. The Morgan fingerprint density at radius 3 is 2.65 bits per heavy atom. The fraction of sp³-hybridized carbons (Fsp3) is 0.0588. The van der Waals surface area contributed by atoms with Crippen LogP contribution in [0.4, 0.5) is 0 Å². The summed E-state index contributed by atoms with van der Waals surface area (Å²) in [6.07, 6.45) is 6.29. The van der Waals surface area contributed by atoms with Crippen molar-refractivity contribution < 1.29 is 10.0 Å². The van der Waals surface area contributed by atoms with Gasteiger partial charge in [-0.3, -0.25) is 9.78 Å². The molecule has 0 saturated heterocycles. The Morgan fingerprint density at radius 1 is 1.22 bits per heavy atom. The zero-order chi connectivity index (χ0) is 16.5. The molecular formula is C17H16N4O2. The van der Waals surface area contributed by atoms with Crippen LogP contribution in [-0.2, 0) is 0 Å². The smallest absolute Gasteiger partial charge is 0.272 e. The van der Waals surface area contributed by atoms with Crippen LogP contribution in [0.15, 0.2) is 65.0 Å². The lowest BCUT2D eigenvalue weighted by Crippen LogP contribution is -2.19. The van der Waals surface area contributed by atoms with Crippen LogP contribution in [0, 0.1) is 0 Å². The van der Waals surface area contributed by atoms with E-state index in [-0.39, 0.29) is 5.91 Å². The molecule has 0 spiro atoms. The van der Waals surface area contributed by atoms with E-state index in [2.05, 4.69) is 20.7 Å². The van der Waals surface area contributed by atoms with Crippen LogP contribution in [0.25, 0.3) is 6.08 Å². The van der Waals surface area contributed by atoms with Crippen molar-refractivity contribution in [2.75, 3.05) is 0 Å². The van der Waals surface area contributed by atoms with Crippen LogP contribution in [-0.4, -0.2) is 28.0 Å². The topological polar surface area (TPSA) is 86.9 Å². The first-order valence-corrected chi connectivity index (χ1v) is 6.90. The van der Waals surface area contributed by atoms with Crippen molar-refractivity contribution in [1.82, 2.24) is 10.4 Å². The standard InChI is InChI=1S/C17H16N4O2/c1-13(7-8-14-5-3-2-4-6-14)20-21-17(22)15-9-10-16(12-19-23)18-11-15/h2-12,23H,1H3,(H,21,22)/b8-7+,19-12+,20-13+. The molecule has 0 unspecified atom stereocenters. The van der Waals surface area contributed by atoms with Crippen molar-refractivity contribution in [1.29, 1.82) is 0 Å². The molecule has 0 bridgehead atoms. The highest BCUT2D eigenvalue weighted by Gasteiger charge is 2.04. The average molecular weight is 308 g/mol. The van der Waals surface area contributed by atoms with Crippen LogP contribution < -0.4 is 5.43 Å². The fourth-order valence-corrected chi connectivity index (χ4v) is 1.70. The van der Waals surface area contributed by atoms with Gasteiger partial charge in [-0.05, 0) is 30.7 Å². The van der Waals surface area contributed by atoms with Gasteiger partial charge in [-0.2, -0.15) is 5.10 Å². The molecule has 23 heavy (non-hydrogen) atoms. The highest BCUT2D eigenvalue weighted by Crippen LogP contribution is 2.01. The molecule has 0 atom stereocenters. The van der Waals surface area contributed by atoms with E-state index in [1.54, 1.807) is 19.1 Å². The summed E-state index contributed by atoms with van der Waals surface area (Å²) >= 11 is 0. The number of hydrogen-bond acceptors (Lipinski definition) is 5. The second-order valence-corrected chi connectivity index (χ2v) is 4.65.